The molecule has 2 aromatic rings. The largest absolute Gasteiger partial charge is 0.493 e. The number of rotatable bonds is 9. The molecule has 2 amide bonds. The van der Waals surface area contributed by atoms with Crippen molar-refractivity contribution >= 4 is 12.0 Å². The Labute approximate surface area is 192 Å². The van der Waals surface area contributed by atoms with Gasteiger partial charge in [0.2, 0.25) is 0 Å². The average Bonchev–Trinajstić information content (AvgIpc) is 2.77. The van der Waals surface area contributed by atoms with Gasteiger partial charge in [-0.15, -0.1) is 0 Å². The van der Waals surface area contributed by atoms with Crippen molar-refractivity contribution in [3.8, 4) is 11.5 Å². The summed E-state index contributed by atoms with van der Waals surface area (Å²) in [6.07, 6.45) is 0.903. The molecule has 0 aliphatic carbocycles. The van der Waals surface area contributed by atoms with Crippen molar-refractivity contribution in [1.82, 2.24) is 10.6 Å². The molecule has 8 heteroatoms. The molecule has 1 atom stereocenters. The van der Waals surface area contributed by atoms with Crippen molar-refractivity contribution in [3.63, 3.8) is 0 Å². The number of ether oxygens (including phenoxy) is 3. The van der Waals surface area contributed by atoms with Crippen molar-refractivity contribution in [2.75, 3.05) is 7.11 Å². The van der Waals surface area contributed by atoms with Crippen molar-refractivity contribution < 1.29 is 28.2 Å². The molecule has 3 rings (SSSR count). The van der Waals surface area contributed by atoms with Gasteiger partial charge in [-0.2, -0.15) is 0 Å². The summed E-state index contributed by atoms with van der Waals surface area (Å²) in [4.78, 5) is 25.6. The van der Waals surface area contributed by atoms with Gasteiger partial charge >= 0.3 is 12.0 Å². The number of halogens is 1. The zero-order valence-corrected chi connectivity index (χ0v) is 19.2. The van der Waals surface area contributed by atoms with Crippen LogP contribution >= 0.6 is 0 Å². The first kappa shape index (κ1) is 24.1. The van der Waals surface area contributed by atoms with Crippen molar-refractivity contribution in [2.24, 2.45) is 0 Å². The smallest absolute Gasteiger partial charge is 0.338 e. The average molecular weight is 457 g/mol. The summed E-state index contributed by atoms with van der Waals surface area (Å²) in [6.45, 7) is 5.64. The van der Waals surface area contributed by atoms with E-state index in [0.717, 1.165) is 12.0 Å². The second-order valence-electron chi connectivity index (χ2n) is 7.92. The molecule has 176 valence electrons. The highest BCUT2D eigenvalue weighted by atomic mass is 19.1. The fraction of sp³-hybridized carbons (Fsp3) is 0.360. The zero-order valence-electron chi connectivity index (χ0n) is 19.2. The van der Waals surface area contributed by atoms with Crippen LogP contribution in [0.1, 0.15) is 50.8 Å². The highest BCUT2D eigenvalue weighted by Gasteiger charge is 2.36. The quantitative estimate of drug-likeness (QED) is 0.531. The van der Waals surface area contributed by atoms with Crippen LogP contribution in [0.5, 0.6) is 11.5 Å². The normalized spacial score (nSPS) is 15.7. The first-order valence-corrected chi connectivity index (χ1v) is 10.9. The summed E-state index contributed by atoms with van der Waals surface area (Å²) >= 11 is 0. The monoisotopic (exact) mass is 456 g/mol. The fourth-order valence-electron chi connectivity index (χ4n) is 3.63. The second-order valence-corrected chi connectivity index (χ2v) is 7.92. The fourth-order valence-corrected chi connectivity index (χ4v) is 3.63. The number of benzene rings is 2. The van der Waals surface area contributed by atoms with Crippen LogP contribution in [0.3, 0.4) is 0 Å². The Morgan fingerprint density at radius 1 is 1.15 bits per heavy atom. The maximum atomic E-state index is 13.3. The predicted molar refractivity (Wildman–Crippen MR) is 121 cm³/mol. The number of nitrogens with one attached hydrogen (secondary N) is 2. The molecule has 1 heterocycles. The molecular weight excluding hydrogens is 427 g/mol. The van der Waals surface area contributed by atoms with Crippen LogP contribution in [-0.4, -0.2) is 25.2 Å². The van der Waals surface area contributed by atoms with Crippen LogP contribution in [0, 0.1) is 5.82 Å². The van der Waals surface area contributed by atoms with E-state index in [1.165, 1.54) is 19.2 Å². The summed E-state index contributed by atoms with van der Waals surface area (Å²) < 4.78 is 30.3. The van der Waals surface area contributed by atoms with Gasteiger partial charge < -0.3 is 24.8 Å². The zero-order chi connectivity index (χ0) is 24.0. The molecule has 1 aliphatic rings. The number of allylic oxidation sites excluding steroid dienone is 1. The molecule has 0 aromatic heterocycles. The Morgan fingerprint density at radius 3 is 2.52 bits per heavy atom. The molecule has 33 heavy (non-hydrogen) atoms. The number of hydrogen-bond donors (Lipinski definition) is 2. The van der Waals surface area contributed by atoms with Gasteiger partial charge in [-0.05, 0) is 44.0 Å². The number of esters is 1. The maximum absolute atomic E-state index is 13.3. The summed E-state index contributed by atoms with van der Waals surface area (Å²) in [5.41, 5.74) is 2.15. The Kier molecular flexibility index (Phi) is 7.92. The molecule has 1 aliphatic heterocycles. The van der Waals surface area contributed by atoms with Gasteiger partial charge in [-0.1, -0.05) is 37.6 Å². The molecular formula is C25H29FN2O5. The number of methoxy groups -OCH3 is 1. The Balaban J connectivity index is 2.05. The molecule has 2 N–H and O–H groups in total. The van der Waals surface area contributed by atoms with E-state index < -0.39 is 18.0 Å². The number of carbonyl (C=O) groups is 2. The van der Waals surface area contributed by atoms with E-state index in [2.05, 4.69) is 10.6 Å². The lowest BCUT2D eigenvalue weighted by atomic mass is 9.92. The van der Waals surface area contributed by atoms with Crippen molar-refractivity contribution in [1.29, 1.82) is 0 Å². The predicted octanol–water partition coefficient (Wildman–Crippen LogP) is 4.77. The minimum absolute atomic E-state index is 0.143. The summed E-state index contributed by atoms with van der Waals surface area (Å²) in [5.74, 6) is -0.0347. The van der Waals surface area contributed by atoms with Gasteiger partial charge in [0, 0.05) is 11.3 Å². The molecule has 0 radical (unpaired) electrons. The Morgan fingerprint density at radius 2 is 1.88 bits per heavy atom. The van der Waals surface area contributed by atoms with E-state index in [1.54, 1.807) is 44.2 Å². The molecule has 0 spiro atoms. The third-order valence-electron chi connectivity index (χ3n) is 5.05. The Bertz CT molecular complexity index is 1030. The van der Waals surface area contributed by atoms with E-state index in [-0.39, 0.29) is 18.5 Å². The Hall–Kier alpha value is -3.55. The highest BCUT2D eigenvalue weighted by Crippen LogP contribution is 2.40. The minimum atomic E-state index is -0.801. The number of carbonyl (C=O) groups excluding carboxylic acids is 2. The van der Waals surface area contributed by atoms with Crippen LogP contribution < -0.4 is 20.1 Å². The number of amides is 2. The van der Waals surface area contributed by atoms with Gasteiger partial charge in [0.25, 0.3) is 0 Å². The molecule has 1 unspecified atom stereocenters. The summed E-state index contributed by atoms with van der Waals surface area (Å²) in [6, 6.07) is 10.0. The van der Waals surface area contributed by atoms with Crippen molar-refractivity contribution in [3.05, 3.63) is 70.7 Å². The SMILES string of the molecule is CCCC1=C(C(=O)OC(C)C)C(c2cccc(OC)c2OCc2ccc(F)cc2)NC(=O)N1. The van der Waals surface area contributed by atoms with E-state index >= 15 is 0 Å². The molecule has 7 nitrogen and oxygen atoms in total. The number of para-hydroxylation sites is 1. The van der Waals surface area contributed by atoms with E-state index in [1.807, 2.05) is 6.92 Å². The maximum Gasteiger partial charge on any atom is 0.338 e. The van der Waals surface area contributed by atoms with Crippen LogP contribution in [0.2, 0.25) is 0 Å². The topological polar surface area (TPSA) is 85.9 Å². The summed E-state index contributed by atoms with van der Waals surface area (Å²) in [5, 5.41) is 5.58. The van der Waals surface area contributed by atoms with Crippen LogP contribution in [0.25, 0.3) is 0 Å². The second kappa shape index (κ2) is 10.8. The lowest BCUT2D eigenvalue weighted by Crippen LogP contribution is -2.46. The van der Waals surface area contributed by atoms with Crippen molar-refractivity contribution in [2.45, 2.75) is 52.4 Å². The van der Waals surface area contributed by atoms with Crippen LogP contribution in [0.4, 0.5) is 9.18 Å². The number of urea groups is 1. The molecule has 0 fully saturated rings. The van der Waals surface area contributed by atoms with Gasteiger partial charge in [-0.25, -0.2) is 14.0 Å². The van der Waals surface area contributed by atoms with Crippen LogP contribution in [-0.2, 0) is 16.1 Å². The third kappa shape index (κ3) is 5.83. The minimum Gasteiger partial charge on any atom is -0.493 e. The molecule has 2 aromatic carbocycles. The highest BCUT2D eigenvalue weighted by molar-refractivity contribution is 5.95. The summed E-state index contributed by atoms with van der Waals surface area (Å²) in [7, 11) is 1.51. The van der Waals surface area contributed by atoms with Gasteiger partial charge in [0.15, 0.2) is 11.5 Å². The first-order valence-electron chi connectivity index (χ1n) is 10.9. The molecule has 0 bridgehead atoms. The van der Waals surface area contributed by atoms with E-state index in [4.69, 9.17) is 14.2 Å². The lowest BCUT2D eigenvalue weighted by molar-refractivity contribution is -0.143. The van der Waals surface area contributed by atoms with Gasteiger partial charge in [0.1, 0.15) is 12.4 Å². The van der Waals surface area contributed by atoms with E-state index in [9.17, 15) is 14.0 Å². The first-order chi connectivity index (χ1) is 15.8. The molecule has 0 saturated heterocycles. The van der Waals surface area contributed by atoms with Crippen LogP contribution in [0.15, 0.2) is 53.7 Å². The molecule has 0 saturated carbocycles. The van der Waals surface area contributed by atoms with Gasteiger partial charge in [0.05, 0.1) is 24.8 Å². The lowest BCUT2D eigenvalue weighted by Gasteiger charge is -2.31. The third-order valence-corrected chi connectivity index (χ3v) is 5.05. The van der Waals surface area contributed by atoms with Gasteiger partial charge in [-0.3, -0.25) is 0 Å². The van der Waals surface area contributed by atoms with E-state index in [0.29, 0.717) is 34.8 Å². The standard InChI is InChI=1S/C25H29FN2O5/c1-5-7-19-21(24(29)33-15(2)3)22(28-25(30)27-19)18-8-6-9-20(31-4)23(18)32-14-16-10-12-17(26)13-11-16/h6,8-13,15,22H,5,7,14H2,1-4H3,(H2,27,28,30). The number of hydrogen-bond acceptors (Lipinski definition) is 5.